The molecule has 0 heterocycles. The molecule has 0 fully saturated rings. The van der Waals surface area contributed by atoms with E-state index in [1.807, 2.05) is 0 Å². The Balaban J connectivity index is 4.21. The second kappa shape index (κ2) is 53.2. The summed E-state index contributed by atoms with van der Waals surface area (Å²) in [5.74, 6) is 1.77. The number of carbonyl (C=O) groups is 3. The average molecular weight is 962 g/mol. The van der Waals surface area contributed by atoms with Crippen LogP contribution in [-0.4, -0.2) is 37.2 Å². The van der Waals surface area contributed by atoms with E-state index < -0.39 is 6.10 Å². The molecule has 0 aliphatic heterocycles. The largest absolute Gasteiger partial charge is 0.462 e. The normalized spacial score (nSPS) is 13.3. The maximum absolute atomic E-state index is 12.9. The van der Waals surface area contributed by atoms with Crippen molar-refractivity contribution in [3.05, 3.63) is 0 Å². The van der Waals surface area contributed by atoms with Gasteiger partial charge in [-0.3, -0.25) is 14.4 Å². The van der Waals surface area contributed by atoms with Gasteiger partial charge in [0, 0.05) is 19.3 Å². The first kappa shape index (κ1) is 66.4. The Morgan fingerprint density at radius 1 is 0.279 bits per heavy atom. The number of unbranched alkanes of at least 4 members (excludes halogenated alkanes) is 35. The van der Waals surface area contributed by atoms with Crippen LogP contribution in [0.5, 0.6) is 0 Å². The fourth-order valence-electron chi connectivity index (χ4n) is 9.43. The predicted octanol–water partition coefficient (Wildman–Crippen LogP) is 20.3. The number of carbonyl (C=O) groups excluding carboxylic acids is 3. The zero-order valence-electron chi connectivity index (χ0n) is 46.9. The quantitative estimate of drug-likeness (QED) is 0.0343. The van der Waals surface area contributed by atoms with E-state index in [1.54, 1.807) is 0 Å². The van der Waals surface area contributed by atoms with E-state index in [2.05, 4.69) is 41.5 Å². The third-order valence-electron chi connectivity index (χ3n) is 15.2. The molecule has 68 heavy (non-hydrogen) atoms. The molecule has 6 nitrogen and oxygen atoms in total. The molecule has 4 atom stereocenters. The summed E-state index contributed by atoms with van der Waals surface area (Å²) < 4.78 is 16.9. The average Bonchev–Trinajstić information content (AvgIpc) is 3.34. The predicted molar refractivity (Wildman–Crippen MR) is 293 cm³/mol. The molecule has 0 radical (unpaired) electrons. The van der Waals surface area contributed by atoms with Crippen LogP contribution < -0.4 is 0 Å². The van der Waals surface area contributed by atoms with E-state index in [4.69, 9.17) is 14.2 Å². The van der Waals surface area contributed by atoms with Gasteiger partial charge in [0.2, 0.25) is 0 Å². The van der Waals surface area contributed by atoms with E-state index in [0.717, 1.165) is 75.5 Å². The van der Waals surface area contributed by atoms with Gasteiger partial charge in [-0.1, -0.05) is 305 Å². The standard InChI is InChI=1S/C62H120O6/c1-7-56(4)48-42-36-30-26-22-18-14-12-10-11-13-15-20-24-28-32-39-45-51-60(63)66-54-59(55-67-61(64)52-46-40-35-34-38-44-50-58(6)9-3)68-62(65)53-47-41-33-29-25-21-17-16-19-23-27-31-37-43-49-57(5)8-2/h56-59H,7-55H2,1-6H3/t56?,57?,58?,59-/m1/s1. The van der Waals surface area contributed by atoms with E-state index in [0.29, 0.717) is 19.3 Å². The van der Waals surface area contributed by atoms with Crippen molar-refractivity contribution in [2.45, 2.75) is 349 Å². The first-order chi connectivity index (χ1) is 33.2. The van der Waals surface area contributed by atoms with Gasteiger partial charge in [-0.05, 0) is 37.0 Å². The molecule has 0 spiro atoms. The topological polar surface area (TPSA) is 78.9 Å². The molecular weight excluding hydrogens is 841 g/mol. The summed E-state index contributed by atoms with van der Waals surface area (Å²) in [5, 5.41) is 0. The van der Waals surface area contributed by atoms with Gasteiger partial charge >= 0.3 is 17.9 Å². The Morgan fingerprint density at radius 2 is 0.471 bits per heavy atom. The van der Waals surface area contributed by atoms with Crippen molar-refractivity contribution in [2.75, 3.05) is 13.2 Å². The summed E-state index contributed by atoms with van der Waals surface area (Å²) in [7, 11) is 0. The summed E-state index contributed by atoms with van der Waals surface area (Å²) in [6.07, 6.45) is 56.7. The fourth-order valence-corrected chi connectivity index (χ4v) is 9.43. The lowest BCUT2D eigenvalue weighted by Gasteiger charge is -2.18. The van der Waals surface area contributed by atoms with Crippen molar-refractivity contribution >= 4 is 17.9 Å². The summed E-state index contributed by atoms with van der Waals surface area (Å²) in [5.41, 5.74) is 0. The van der Waals surface area contributed by atoms with Crippen LogP contribution in [0.1, 0.15) is 343 Å². The molecule has 0 saturated carbocycles. The van der Waals surface area contributed by atoms with Crippen LogP contribution in [-0.2, 0) is 28.6 Å². The number of esters is 3. The molecule has 0 N–H and O–H groups in total. The molecule has 0 aromatic heterocycles. The highest BCUT2D eigenvalue weighted by Gasteiger charge is 2.19. The van der Waals surface area contributed by atoms with Crippen LogP contribution >= 0.6 is 0 Å². The maximum Gasteiger partial charge on any atom is 0.306 e. The molecule has 6 heteroatoms. The van der Waals surface area contributed by atoms with Gasteiger partial charge < -0.3 is 14.2 Å². The molecule has 0 amide bonds. The molecule has 0 aromatic carbocycles. The highest BCUT2D eigenvalue weighted by Crippen LogP contribution is 2.20. The Bertz CT molecular complexity index is 1060. The van der Waals surface area contributed by atoms with E-state index in [-0.39, 0.29) is 31.1 Å². The van der Waals surface area contributed by atoms with Gasteiger partial charge in [0.15, 0.2) is 6.10 Å². The zero-order valence-corrected chi connectivity index (χ0v) is 46.9. The van der Waals surface area contributed by atoms with Crippen molar-refractivity contribution in [1.29, 1.82) is 0 Å². The minimum atomic E-state index is -0.764. The zero-order chi connectivity index (χ0) is 49.8. The van der Waals surface area contributed by atoms with Crippen molar-refractivity contribution in [2.24, 2.45) is 17.8 Å². The summed E-state index contributed by atoms with van der Waals surface area (Å²) in [6.45, 7) is 13.8. The summed E-state index contributed by atoms with van der Waals surface area (Å²) in [4.78, 5) is 38.2. The Hall–Kier alpha value is -1.59. The number of ether oxygens (including phenoxy) is 3. The molecule has 404 valence electrons. The molecule has 0 bridgehead atoms. The minimum Gasteiger partial charge on any atom is -0.462 e. The molecule has 0 saturated heterocycles. The third kappa shape index (κ3) is 50.8. The van der Waals surface area contributed by atoms with Gasteiger partial charge in [0.05, 0.1) is 0 Å². The Morgan fingerprint density at radius 3 is 0.691 bits per heavy atom. The van der Waals surface area contributed by atoms with Crippen molar-refractivity contribution in [1.82, 2.24) is 0 Å². The second-order valence-electron chi connectivity index (χ2n) is 22.1. The fraction of sp³-hybridized carbons (Fsp3) is 0.952. The summed E-state index contributed by atoms with van der Waals surface area (Å²) in [6, 6.07) is 0. The molecule has 0 rings (SSSR count). The number of hydrogen-bond acceptors (Lipinski definition) is 6. The van der Waals surface area contributed by atoms with Gasteiger partial charge in [-0.25, -0.2) is 0 Å². The lowest BCUT2D eigenvalue weighted by Crippen LogP contribution is -2.30. The van der Waals surface area contributed by atoms with Gasteiger partial charge in [-0.15, -0.1) is 0 Å². The smallest absolute Gasteiger partial charge is 0.306 e. The van der Waals surface area contributed by atoms with E-state index in [1.165, 1.54) is 225 Å². The lowest BCUT2D eigenvalue weighted by molar-refractivity contribution is -0.167. The number of rotatable bonds is 55. The van der Waals surface area contributed by atoms with Crippen LogP contribution in [0.3, 0.4) is 0 Å². The molecule has 0 aromatic rings. The molecule has 0 aliphatic carbocycles. The van der Waals surface area contributed by atoms with Crippen LogP contribution in [0.15, 0.2) is 0 Å². The minimum absolute atomic E-state index is 0.0639. The molecular formula is C62H120O6. The lowest BCUT2D eigenvalue weighted by atomic mass is 9.99. The van der Waals surface area contributed by atoms with Crippen LogP contribution in [0.2, 0.25) is 0 Å². The molecule has 3 unspecified atom stereocenters. The van der Waals surface area contributed by atoms with Gasteiger partial charge in [-0.2, -0.15) is 0 Å². The Kier molecular flexibility index (Phi) is 52.0. The number of hydrogen-bond donors (Lipinski definition) is 0. The highest BCUT2D eigenvalue weighted by atomic mass is 16.6. The highest BCUT2D eigenvalue weighted by molar-refractivity contribution is 5.71. The first-order valence-electron chi connectivity index (χ1n) is 30.7. The molecule has 0 aliphatic rings. The van der Waals surface area contributed by atoms with Gasteiger partial charge in [0.25, 0.3) is 0 Å². The van der Waals surface area contributed by atoms with Crippen molar-refractivity contribution < 1.29 is 28.6 Å². The third-order valence-corrected chi connectivity index (χ3v) is 15.2. The van der Waals surface area contributed by atoms with Crippen LogP contribution in [0, 0.1) is 17.8 Å². The van der Waals surface area contributed by atoms with Crippen molar-refractivity contribution in [3.63, 3.8) is 0 Å². The van der Waals surface area contributed by atoms with E-state index in [9.17, 15) is 14.4 Å². The van der Waals surface area contributed by atoms with Crippen LogP contribution in [0.25, 0.3) is 0 Å². The van der Waals surface area contributed by atoms with Crippen molar-refractivity contribution in [3.8, 4) is 0 Å². The second-order valence-corrected chi connectivity index (χ2v) is 22.1. The maximum atomic E-state index is 12.9. The SMILES string of the molecule is CCC(C)CCCCCCCCCCCCCCCCCCCCC(=O)OC[C@H](COC(=O)CCCCCCCCC(C)CC)OC(=O)CCCCCCCCCCCCCCCCC(C)CC. The Labute approximate surface area is 425 Å². The monoisotopic (exact) mass is 961 g/mol. The van der Waals surface area contributed by atoms with Crippen LogP contribution in [0.4, 0.5) is 0 Å². The van der Waals surface area contributed by atoms with E-state index >= 15 is 0 Å². The first-order valence-corrected chi connectivity index (χ1v) is 30.7. The summed E-state index contributed by atoms with van der Waals surface area (Å²) >= 11 is 0. The van der Waals surface area contributed by atoms with Gasteiger partial charge in [0.1, 0.15) is 13.2 Å².